The number of hydrazone groups is 1. The predicted octanol–water partition coefficient (Wildman–Crippen LogP) is 5.35. The van der Waals surface area contributed by atoms with E-state index in [9.17, 15) is 4.79 Å². The SMILES string of the molecule is O=C(N/N=C\c1ccccc1OCc1ccccc1)c1ccc(CN2CCN(c3ccccc3)CC2)cc1. The molecule has 0 unspecified atom stereocenters. The lowest BCUT2D eigenvalue weighted by atomic mass is 10.1. The highest BCUT2D eigenvalue weighted by Crippen LogP contribution is 2.18. The highest BCUT2D eigenvalue weighted by atomic mass is 16.5. The molecule has 192 valence electrons. The number of piperazine rings is 1. The van der Waals surface area contributed by atoms with E-state index in [1.807, 2.05) is 78.9 Å². The number of hydrogen-bond acceptors (Lipinski definition) is 5. The Labute approximate surface area is 224 Å². The molecular weight excluding hydrogens is 472 g/mol. The van der Waals surface area contributed by atoms with Gasteiger partial charge in [0, 0.05) is 49.5 Å². The fourth-order valence-corrected chi connectivity index (χ4v) is 4.50. The highest BCUT2D eigenvalue weighted by Gasteiger charge is 2.17. The van der Waals surface area contributed by atoms with Crippen LogP contribution in [0, 0.1) is 0 Å². The van der Waals surface area contributed by atoms with Gasteiger partial charge >= 0.3 is 0 Å². The summed E-state index contributed by atoms with van der Waals surface area (Å²) in [4.78, 5) is 17.5. The fraction of sp³-hybridized carbons (Fsp3) is 0.188. The Bertz CT molecular complexity index is 1330. The van der Waals surface area contributed by atoms with E-state index in [4.69, 9.17) is 4.74 Å². The van der Waals surface area contributed by atoms with Crippen LogP contribution in [0.2, 0.25) is 0 Å². The standard InChI is InChI=1S/C32H32N4O2/c37-32(34-33-23-29-11-7-8-14-31(29)38-25-27-9-3-1-4-10-27)28-17-15-26(16-18-28)24-35-19-21-36(22-20-35)30-12-5-2-6-13-30/h1-18,23H,19-22,24-25H2,(H,34,37)/b33-23-. The van der Waals surface area contributed by atoms with Crippen molar-refractivity contribution < 1.29 is 9.53 Å². The van der Waals surface area contributed by atoms with E-state index in [1.54, 1.807) is 6.21 Å². The van der Waals surface area contributed by atoms with Gasteiger partial charge in [-0.2, -0.15) is 5.10 Å². The number of carbonyl (C=O) groups is 1. The third kappa shape index (κ3) is 6.87. The number of carbonyl (C=O) groups excluding carboxylic acids is 1. The average molecular weight is 505 g/mol. The Morgan fingerprint density at radius 3 is 2.16 bits per heavy atom. The average Bonchev–Trinajstić information content (AvgIpc) is 2.98. The minimum absolute atomic E-state index is 0.244. The van der Waals surface area contributed by atoms with Crippen LogP contribution in [0.3, 0.4) is 0 Å². The van der Waals surface area contributed by atoms with Crippen molar-refractivity contribution in [2.75, 3.05) is 31.1 Å². The summed E-state index contributed by atoms with van der Waals surface area (Å²) >= 11 is 0. The van der Waals surface area contributed by atoms with Crippen LogP contribution in [0.5, 0.6) is 5.75 Å². The van der Waals surface area contributed by atoms with Crippen LogP contribution in [0.4, 0.5) is 5.69 Å². The molecule has 1 heterocycles. The Kier molecular flexibility index (Phi) is 8.44. The number of ether oxygens (including phenoxy) is 1. The van der Waals surface area contributed by atoms with E-state index >= 15 is 0 Å². The maximum Gasteiger partial charge on any atom is 0.271 e. The molecule has 1 saturated heterocycles. The van der Waals surface area contributed by atoms with Crippen molar-refractivity contribution in [3.63, 3.8) is 0 Å². The Hall–Kier alpha value is -4.42. The van der Waals surface area contributed by atoms with E-state index in [2.05, 4.69) is 50.7 Å². The van der Waals surface area contributed by atoms with Crippen molar-refractivity contribution in [1.82, 2.24) is 10.3 Å². The molecule has 0 radical (unpaired) electrons. The molecule has 1 N–H and O–H groups in total. The first-order chi connectivity index (χ1) is 18.7. The topological polar surface area (TPSA) is 57.2 Å². The zero-order chi connectivity index (χ0) is 26.0. The fourth-order valence-electron chi connectivity index (χ4n) is 4.50. The molecule has 4 aromatic carbocycles. The molecule has 1 aliphatic heterocycles. The summed E-state index contributed by atoms with van der Waals surface area (Å²) in [6.45, 7) is 5.41. The summed E-state index contributed by atoms with van der Waals surface area (Å²) in [7, 11) is 0. The Balaban J connectivity index is 1.10. The minimum atomic E-state index is -0.244. The molecule has 4 aromatic rings. The maximum atomic E-state index is 12.6. The van der Waals surface area contributed by atoms with Gasteiger partial charge < -0.3 is 9.64 Å². The molecule has 1 fully saturated rings. The van der Waals surface area contributed by atoms with Gasteiger partial charge in [-0.1, -0.05) is 72.8 Å². The molecule has 1 aliphatic rings. The van der Waals surface area contributed by atoms with Crippen molar-refractivity contribution in [3.8, 4) is 5.75 Å². The van der Waals surface area contributed by atoms with Gasteiger partial charge in [0.25, 0.3) is 5.91 Å². The number of amides is 1. The van der Waals surface area contributed by atoms with Crippen LogP contribution >= 0.6 is 0 Å². The summed E-state index contributed by atoms with van der Waals surface area (Å²) in [6, 6.07) is 36.0. The third-order valence-electron chi connectivity index (χ3n) is 6.64. The second-order valence-electron chi connectivity index (χ2n) is 9.31. The van der Waals surface area contributed by atoms with Gasteiger partial charge in [0.05, 0.1) is 6.21 Å². The number of para-hydroxylation sites is 2. The third-order valence-corrected chi connectivity index (χ3v) is 6.64. The van der Waals surface area contributed by atoms with E-state index in [0.717, 1.165) is 43.9 Å². The first-order valence-corrected chi connectivity index (χ1v) is 12.9. The number of benzene rings is 4. The lowest BCUT2D eigenvalue weighted by Gasteiger charge is -2.36. The molecule has 5 rings (SSSR count). The van der Waals surface area contributed by atoms with Crippen molar-refractivity contribution in [2.24, 2.45) is 5.10 Å². The van der Waals surface area contributed by atoms with Crippen LogP contribution in [0.25, 0.3) is 0 Å². The van der Waals surface area contributed by atoms with Gasteiger partial charge in [0.1, 0.15) is 12.4 Å². The first-order valence-electron chi connectivity index (χ1n) is 12.9. The second-order valence-corrected chi connectivity index (χ2v) is 9.31. The van der Waals surface area contributed by atoms with E-state index in [1.165, 1.54) is 11.3 Å². The largest absolute Gasteiger partial charge is 0.488 e. The quantitative estimate of drug-likeness (QED) is 0.247. The normalized spacial score (nSPS) is 13.9. The molecule has 6 nitrogen and oxygen atoms in total. The molecule has 0 atom stereocenters. The molecule has 0 aliphatic carbocycles. The van der Waals surface area contributed by atoms with E-state index in [-0.39, 0.29) is 5.91 Å². The zero-order valence-electron chi connectivity index (χ0n) is 21.4. The molecule has 0 saturated carbocycles. The molecule has 6 heteroatoms. The number of rotatable bonds is 9. The summed E-state index contributed by atoms with van der Waals surface area (Å²) < 4.78 is 5.96. The second kappa shape index (κ2) is 12.7. The van der Waals surface area contributed by atoms with Gasteiger partial charge in [0.2, 0.25) is 0 Å². The molecule has 0 spiro atoms. The summed E-state index contributed by atoms with van der Waals surface area (Å²) in [5, 5.41) is 4.16. The Morgan fingerprint density at radius 1 is 0.763 bits per heavy atom. The molecular formula is C32H32N4O2. The predicted molar refractivity (Wildman–Crippen MR) is 153 cm³/mol. The summed E-state index contributed by atoms with van der Waals surface area (Å²) in [5.41, 5.74) is 7.57. The van der Waals surface area contributed by atoms with Gasteiger partial charge in [-0.15, -0.1) is 0 Å². The summed E-state index contributed by atoms with van der Waals surface area (Å²) in [5.74, 6) is 0.468. The van der Waals surface area contributed by atoms with Crippen LogP contribution in [-0.4, -0.2) is 43.2 Å². The number of anilines is 1. The van der Waals surface area contributed by atoms with Gasteiger partial charge in [-0.25, -0.2) is 5.43 Å². The molecule has 1 amide bonds. The minimum Gasteiger partial charge on any atom is -0.488 e. The Morgan fingerprint density at radius 2 is 1.42 bits per heavy atom. The van der Waals surface area contributed by atoms with E-state index in [0.29, 0.717) is 17.9 Å². The van der Waals surface area contributed by atoms with Gasteiger partial charge in [-0.3, -0.25) is 9.69 Å². The van der Waals surface area contributed by atoms with Crippen molar-refractivity contribution in [2.45, 2.75) is 13.2 Å². The van der Waals surface area contributed by atoms with Crippen LogP contribution in [0.1, 0.15) is 27.0 Å². The van der Waals surface area contributed by atoms with Crippen LogP contribution in [-0.2, 0) is 13.2 Å². The number of hydrogen-bond donors (Lipinski definition) is 1. The number of nitrogens with zero attached hydrogens (tertiary/aromatic N) is 3. The maximum absolute atomic E-state index is 12.6. The lowest BCUT2D eigenvalue weighted by Crippen LogP contribution is -2.45. The molecule has 0 aromatic heterocycles. The van der Waals surface area contributed by atoms with Crippen LogP contribution in [0.15, 0.2) is 114 Å². The first kappa shape index (κ1) is 25.2. The van der Waals surface area contributed by atoms with E-state index < -0.39 is 0 Å². The zero-order valence-corrected chi connectivity index (χ0v) is 21.4. The smallest absolute Gasteiger partial charge is 0.271 e. The van der Waals surface area contributed by atoms with Gasteiger partial charge in [-0.05, 0) is 47.5 Å². The monoisotopic (exact) mass is 504 g/mol. The van der Waals surface area contributed by atoms with Crippen molar-refractivity contribution in [1.29, 1.82) is 0 Å². The molecule has 38 heavy (non-hydrogen) atoms. The van der Waals surface area contributed by atoms with Gasteiger partial charge in [0.15, 0.2) is 0 Å². The van der Waals surface area contributed by atoms with Crippen LogP contribution < -0.4 is 15.1 Å². The summed E-state index contributed by atoms with van der Waals surface area (Å²) in [6.07, 6.45) is 1.61. The van der Waals surface area contributed by atoms with Crippen molar-refractivity contribution >= 4 is 17.8 Å². The highest BCUT2D eigenvalue weighted by molar-refractivity contribution is 5.95. The van der Waals surface area contributed by atoms with Crippen molar-refractivity contribution in [3.05, 3.63) is 131 Å². The number of nitrogens with one attached hydrogen (secondary N) is 1. The lowest BCUT2D eigenvalue weighted by molar-refractivity contribution is 0.0955. The molecule has 0 bridgehead atoms.